The van der Waals surface area contributed by atoms with E-state index in [4.69, 9.17) is 21.3 Å². The van der Waals surface area contributed by atoms with Crippen molar-refractivity contribution in [1.82, 2.24) is 25.1 Å². The molecule has 31 heavy (non-hydrogen) atoms. The molecule has 0 bridgehead atoms. The fourth-order valence-corrected chi connectivity index (χ4v) is 4.27. The van der Waals surface area contributed by atoms with Gasteiger partial charge in [-0.15, -0.1) is 0 Å². The number of aromatic nitrogens is 3. The molecular formula is C20H22BrFN6O2S. The van der Waals surface area contributed by atoms with Crippen molar-refractivity contribution in [3.8, 4) is 11.5 Å². The number of hydrogen-bond donors (Lipinski definition) is 1. The Morgan fingerprint density at radius 1 is 1.19 bits per heavy atom. The largest absolute Gasteiger partial charge is 0.361 e. The second-order valence-electron chi connectivity index (χ2n) is 7.39. The summed E-state index contributed by atoms with van der Waals surface area (Å²) in [4.78, 5) is 8.92. The van der Waals surface area contributed by atoms with E-state index < -0.39 is 0 Å². The quantitative estimate of drug-likeness (QED) is 0.522. The monoisotopic (exact) mass is 508 g/mol. The van der Waals surface area contributed by atoms with Crippen molar-refractivity contribution in [3.63, 3.8) is 0 Å². The van der Waals surface area contributed by atoms with Gasteiger partial charge < -0.3 is 19.3 Å². The van der Waals surface area contributed by atoms with Crippen LogP contribution in [-0.2, 0) is 6.54 Å². The van der Waals surface area contributed by atoms with Crippen LogP contribution in [0.25, 0.3) is 11.5 Å². The van der Waals surface area contributed by atoms with Crippen LogP contribution >= 0.6 is 28.1 Å². The third-order valence-electron chi connectivity index (χ3n) is 5.13. The van der Waals surface area contributed by atoms with E-state index >= 15 is 0 Å². The Morgan fingerprint density at radius 3 is 2.77 bits per heavy atom. The molecule has 0 amide bonds. The van der Waals surface area contributed by atoms with E-state index in [0.29, 0.717) is 33.6 Å². The molecule has 8 nitrogen and oxygen atoms in total. The molecule has 2 aromatic heterocycles. The summed E-state index contributed by atoms with van der Waals surface area (Å²) in [5.41, 5.74) is 2.22. The summed E-state index contributed by atoms with van der Waals surface area (Å²) in [5.74, 6) is 1.41. The number of anilines is 1. The highest BCUT2D eigenvalue weighted by molar-refractivity contribution is 9.10. The van der Waals surface area contributed by atoms with E-state index in [0.717, 1.165) is 49.5 Å². The molecule has 0 atom stereocenters. The van der Waals surface area contributed by atoms with Crippen LogP contribution in [0.1, 0.15) is 23.7 Å². The molecule has 164 valence electrons. The first-order chi connectivity index (χ1) is 14.9. The normalized spacial score (nSPS) is 15.2. The van der Waals surface area contributed by atoms with Crippen molar-refractivity contribution in [3.05, 3.63) is 45.8 Å². The van der Waals surface area contributed by atoms with Gasteiger partial charge in [0.25, 0.3) is 5.89 Å². The van der Waals surface area contributed by atoms with E-state index in [1.165, 1.54) is 12.1 Å². The Labute approximate surface area is 192 Å². The summed E-state index contributed by atoms with van der Waals surface area (Å²) in [5, 5.41) is 11.9. The zero-order chi connectivity index (χ0) is 22.0. The third kappa shape index (κ3) is 5.10. The number of halogens is 2. The average Bonchev–Trinajstić information content (AvgIpc) is 3.22. The van der Waals surface area contributed by atoms with Gasteiger partial charge in [-0.1, -0.05) is 10.3 Å². The number of nitrogens with one attached hydrogen (secondary N) is 1. The maximum Gasteiger partial charge on any atom is 0.263 e. The summed E-state index contributed by atoms with van der Waals surface area (Å²) in [6.45, 7) is 7.56. The lowest BCUT2D eigenvalue weighted by Crippen LogP contribution is -2.37. The summed E-state index contributed by atoms with van der Waals surface area (Å²) in [7, 11) is 0. The standard InChI is InChI=1S/C20H22BrFN6O2S/c1-12-18(13(2)29-25-12)19-24-17(26-30-19)11-27-6-3-7-28(9-8-27)20(31)23-16-5-4-14(22)10-15(16)21/h4-5,10H,3,6-9,11H2,1-2H3,(H,23,31). The van der Waals surface area contributed by atoms with Gasteiger partial charge >= 0.3 is 0 Å². The highest BCUT2D eigenvalue weighted by Gasteiger charge is 2.22. The highest BCUT2D eigenvalue weighted by atomic mass is 79.9. The third-order valence-corrected chi connectivity index (χ3v) is 6.15. The predicted octanol–water partition coefficient (Wildman–Crippen LogP) is 4.15. The molecule has 0 spiro atoms. The topological polar surface area (TPSA) is 83.5 Å². The van der Waals surface area contributed by atoms with E-state index in [9.17, 15) is 4.39 Å². The molecule has 3 aromatic rings. The molecule has 0 saturated carbocycles. The Morgan fingerprint density at radius 2 is 2.03 bits per heavy atom. The lowest BCUT2D eigenvalue weighted by molar-refractivity contribution is 0.266. The molecule has 1 N–H and O–H groups in total. The maximum atomic E-state index is 13.3. The highest BCUT2D eigenvalue weighted by Crippen LogP contribution is 2.26. The van der Waals surface area contributed by atoms with E-state index in [1.54, 1.807) is 6.07 Å². The molecule has 4 rings (SSSR count). The molecule has 0 aliphatic carbocycles. The molecule has 3 heterocycles. The number of benzene rings is 1. The van der Waals surface area contributed by atoms with Crippen molar-refractivity contribution < 1.29 is 13.4 Å². The van der Waals surface area contributed by atoms with Gasteiger partial charge in [0.2, 0.25) is 0 Å². The fraction of sp³-hybridized carbons (Fsp3) is 0.400. The smallest absolute Gasteiger partial charge is 0.263 e. The average molecular weight is 509 g/mol. The van der Waals surface area contributed by atoms with Crippen molar-refractivity contribution in [2.75, 3.05) is 31.5 Å². The Kier molecular flexibility index (Phi) is 6.63. The molecule has 1 fully saturated rings. The minimum Gasteiger partial charge on any atom is -0.361 e. The molecule has 1 aliphatic rings. The fourth-order valence-electron chi connectivity index (χ4n) is 3.53. The van der Waals surface area contributed by atoms with Crippen LogP contribution in [0, 0.1) is 19.7 Å². The Hall–Kier alpha value is -2.37. The van der Waals surface area contributed by atoms with Crippen LogP contribution in [0.4, 0.5) is 10.1 Å². The molecule has 0 radical (unpaired) electrons. The van der Waals surface area contributed by atoms with Crippen LogP contribution in [0.15, 0.2) is 31.7 Å². The first kappa shape index (κ1) is 21.8. The van der Waals surface area contributed by atoms with Crippen molar-refractivity contribution in [1.29, 1.82) is 0 Å². The van der Waals surface area contributed by atoms with Gasteiger partial charge in [-0.3, -0.25) is 4.90 Å². The van der Waals surface area contributed by atoms with E-state index in [2.05, 4.69) is 46.3 Å². The van der Waals surface area contributed by atoms with Gasteiger partial charge in [0.15, 0.2) is 10.9 Å². The molecule has 1 saturated heterocycles. The van der Waals surface area contributed by atoms with Crippen LogP contribution < -0.4 is 5.32 Å². The number of hydrogen-bond acceptors (Lipinski definition) is 7. The van der Waals surface area contributed by atoms with Gasteiger partial charge in [0, 0.05) is 30.7 Å². The first-order valence-corrected chi connectivity index (χ1v) is 11.1. The van der Waals surface area contributed by atoms with Crippen LogP contribution in [-0.4, -0.2) is 56.4 Å². The van der Waals surface area contributed by atoms with E-state index in [1.807, 2.05) is 13.8 Å². The molecule has 1 aromatic carbocycles. The van der Waals surface area contributed by atoms with Gasteiger partial charge in [-0.05, 0) is 66.6 Å². The van der Waals surface area contributed by atoms with Crippen molar-refractivity contribution in [2.45, 2.75) is 26.8 Å². The molecule has 0 unspecified atom stereocenters. The Bertz CT molecular complexity index is 1070. The summed E-state index contributed by atoms with van der Waals surface area (Å²) in [6.07, 6.45) is 0.945. The lowest BCUT2D eigenvalue weighted by atomic mass is 10.2. The minimum absolute atomic E-state index is 0.298. The zero-order valence-corrected chi connectivity index (χ0v) is 19.6. The van der Waals surface area contributed by atoms with Crippen molar-refractivity contribution >= 4 is 38.9 Å². The lowest BCUT2D eigenvalue weighted by Gasteiger charge is -2.24. The van der Waals surface area contributed by atoms with Crippen LogP contribution in [0.5, 0.6) is 0 Å². The van der Waals surface area contributed by atoms with Gasteiger partial charge in [0.05, 0.1) is 17.9 Å². The Balaban J connectivity index is 1.35. The summed E-state index contributed by atoms with van der Waals surface area (Å²) >= 11 is 8.94. The van der Waals surface area contributed by atoms with Crippen LogP contribution in [0.3, 0.4) is 0 Å². The number of rotatable bonds is 4. The van der Waals surface area contributed by atoms with Crippen molar-refractivity contribution in [2.24, 2.45) is 0 Å². The summed E-state index contributed by atoms with van der Waals surface area (Å²) in [6, 6.07) is 4.49. The first-order valence-electron chi connectivity index (χ1n) is 9.90. The predicted molar refractivity (Wildman–Crippen MR) is 121 cm³/mol. The maximum absolute atomic E-state index is 13.3. The second kappa shape index (κ2) is 9.41. The molecular weight excluding hydrogens is 487 g/mol. The van der Waals surface area contributed by atoms with E-state index in [-0.39, 0.29) is 5.82 Å². The van der Waals surface area contributed by atoms with Crippen LogP contribution in [0.2, 0.25) is 0 Å². The number of thiocarbonyl (C=S) groups is 1. The SMILES string of the molecule is Cc1noc(C)c1-c1nc(CN2CCCN(C(=S)Nc3ccc(F)cc3Br)CC2)no1. The second-order valence-corrected chi connectivity index (χ2v) is 8.63. The van der Waals surface area contributed by atoms with Gasteiger partial charge in [-0.25, -0.2) is 4.39 Å². The zero-order valence-electron chi connectivity index (χ0n) is 17.2. The molecule has 11 heteroatoms. The number of aryl methyl sites for hydroxylation is 2. The van der Waals surface area contributed by atoms with Gasteiger partial charge in [0.1, 0.15) is 17.1 Å². The summed E-state index contributed by atoms with van der Waals surface area (Å²) < 4.78 is 24.6. The molecule has 1 aliphatic heterocycles. The number of nitrogens with zero attached hydrogens (tertiary/aromatic N) is 5. The van der Waals surface area contributed by atoms with Gasteiger partial charge in [-0.2, -0.15) is 4.98 Å². The minimum atomic E-state index is -0.298.